The molecule has 3 aromatic rings. The molecule has 2 aromatic heterocycles. The van der Waals surface area contributed by atoms with Crippen LogP contribution in [0.15, 0.2) is 28.9 Å². The summed E-state index contributed by atoms with van der Waals surface area (Å²) in [6.07, 6.45) is 6.14. The van der Waals surface area contributed by atoms with Gasteiger partial charge in [0.25, 0.3) is 0 Å². The molecule has 0 spiro atoms. The number of hydrogen-bond acceptors (Lipinski definition) is 6. The topological polar surface area (TPSA) is 111 Å². The largest absolute Gasteiger partial charge is 0.473 e. The maximum absolute atomic E-state index is 13.4. The Morgan fingerprint density at radius 2 is 1.84 bits per heavy atom. The first kappa shape index (κ1) is 26.8. The number of benzene rings is 1. The van der Waals surface area contributed by atoms with Crippen LogP contribution in [0.1, 0.15) is 52.1 Å². The van der Waals surface area contributed by atoms with Crippen molar-refractivity contribution in [1.29, 1.82) is 0 Å². The Labute approximate surface area is 218 Å². The Hall–Kier alpha value is -3.24. The normalized spacial score (nSPS) is 16.2. The maximum Gasteiger partial charge on any atom is 0.414 e. The van der Waals surface area contributed by atoms with Crippen LogP contribution >= 0.6 is 11.3 Å². The fraction of sp³-hybridized carbons (Fsp3) is 0.444. The highest BCUT2D eigenvalue weighted by Gasteiger charge is 2.26. The molecule has 0 atom stereocenters. The van der Waals surface area contributed by atoms with Crippen LogP contribution in [0.3, 0.4) is 0 Å². The van der Waals surface area contributed by atoms with Crippen LogP contribution in [0, 0.1) is 12.7 Å². The zero-order valence-corrected chi connectivity index (χ0v) is 21.8. The van der Waals surface area contributed by atoms with Crippen molar-refractivity contribution in [3.63, 3.8) is 0 Å². The molecule has 4 heterocycles. The second-order valence-corrected chi connectivity index (χ2v) is 10.8. The molecule has 1 fully saturated rings. The van der Waals surface area contributed by atoms with Gasteiger partial charge in [0.15, 0.2) is 0 Å². The number of rotatable bonds is 4. The number of aliphatic carboxylic acids is 2. The Balaban J connectivity index is 0.000000480. The van der Waals surface area contributed by atoms with Crippen LogP contribution in [0.2, 0.25) is 0 Å². The number of nitrogens with zero attached hydrogens (tertiary/aromatic N) is 2. The predicted octanol–water partition coefficient (Wildman–Crippen LogP) is 4.42. The van der Waals surface area contributed by atoms with Gasteiger partial charge in [-0.2, -0.15) is 0 Å². The van der Waals surface area contributed by atoms with Crippen LogP contribution in [0.25, 0.3) is 11.0 Å². The van der Waals surface area contributed by atoms with Gasteiger partial charge in [-0.15, -0.1) is 11.3 Å². The van der Waals surface area contributed by atoms with E-state index in [0.29, 0.717) is 11.5 Å². The van der Waals surface area contributed by atoms with Crippen LogP contribution < -0.4 is 0 Å². The number of likely N-dealkylation sites (tertiary alicyclic amines) is 1. The number of carboxylic acids is 2. The average molecular weight is 531 g/mol. The number of carbonyl (C=O) groups excluding carboxylic acids is 1. The van der Waals surface area contributed by atoms with E-state index in [1.54, 1.807) is 6.92 Å². The molecule has 0 aliphatic carbocycles. The van der Waals surface area contributed by atoms with E-state index in [-0.39, 0.29) is 11.7 Å². The van der Waals surface area contributed by atoms with Gasteiger partial charge in [-0.3, -0.25) is 4.79 Å². The fourth-order valence-electron chi connectivity index (χ4n) is 5.28. The molecule has 1 amide bonds. The summed E-state index contributed by atoms with van der Waals surface area (Å²) < 4.78 is 19.1. The average Bonchev–Trinajstić information content (AvgIpc) is 3.42. The Kier molecular flexibility index (Phi) is 8.29. The van der Waals surface area contributed by atoms with E-state index in [0.717, 1.165) is 63.8 Å². The zero-order valence-electron chi connectivity index (χ0n) is 21.0. The molecule has 2 aliphatic rings. The Morgan fingerprint density at radius 3 is 2.49 bits per heavy atom. The van der Waals surface area contributed by atoms with Gasteiger partial charge in [-0.05, 0) is 74.9 Å². The molecule has 8 nitrogen and oxygen atoms in total. The van der Waals surface area contributed by atoms with Gasteiger partial charge < -0.3 is 24.4 Å². The minimum Gasteiger partial charge on any atom is -0.473 e. The van der Waals surface area contributed by atoms with E-state index in [1.807, 2.05) is 28.6 Å². The minimum atomic E-state index is -1.82. The third kappa shape index (κ3) is 6.19. The first-order chi connectivity index (χ1) is 17.6. The lowest BCUT2D eigenvalue weighted by Gasteiger charge is -2.32. The molecule has 5 rings (SSSR count). The second kappa shape index (κ2) is 11.4. The van der Waals surface area contributed by atoms with Gasteiger partial charge in [0.1, 0.15) is 11.4 Å². The molecule has 0 radical (unpaired) electrons. The minimum absolute atomic E-state index is 0.177. The summed E-state index contributed by atoms with van der Waals surface area (Å²) in [5, 5.41) is 15.8. The lowest BCUT2D eigenvalue weighted by molar-refractivity contribution is -0.159. The molecule has 2 N–H and O–H groups in total. The van der Waals surface area contributed by atoms with Crippen molar-refractivity contribution >= 4 is 40.2 Å². The smallest absolute Gasteiger partial charge is 0.414 e. The number of thiophene rings is 1. The highest BCUT2D eigenvalue weighted by molar-refractivity contribution is 7.12. The van der Waals surface area contributed by atoms with E-state index in [9.17, 15) is 9.18 Å². The third-order valence-corrected chi connectivity index (χ3v) is 8.44. The van der Waals surface area contributed by atoms with Gasteiger partial charge >= 0.3 is 11.9 Å². The summed E-state index contributed by atoms with van der Waals surface area (Å²) >= 11 is 1.88. The number of piperidine rings is 1. The summed E-state index contributed by atoms with van der Waals surface area (Å²) in [6, 6.07) is 4.86. The monoisotopic (exact) mass is 530 g/mol. The van der Waals surface area contributed by atoms with E-state index in [1.165, 1.54) is 38.6 Å². The molecule has 1 aromatic carbocycles. The molecule has 0 unspecified atom stereocenters. The Morgan fingerprint density at radius 1 is 1.14 bits per heavy atom. The first-order valence-electron chi connectivity index (χ1n) is 12.3. The van der Waals surface area contributed by atoms with Crippen LogP contribution in [-0.4, -0.2) is 64.0 Å². The number of fused-ring (bicyclic) bond motifs is 2. The number of hydrogen-bond donors (Lipinski definition) is 2. The SMILES string of the molecule is CC(=O)N1CCc2c(sc(C)c2CCN2CCC(c3coc4cc(F)ccc34)CC2)C1.O=C(O)C(=O)O. The van der Waals surface area contributed by atoms with Crippen molar-refractivity contribution in [3.8, 4) is 0 Å². The lowest BCUT2D eigenvalue weighted by Crippen LogP contribution is -2.35. The van der Waals surface area contributed by atoms with E-state index < -0.39 is 11.9 Å². The van der Waals surface area contributed by atoms with E-state index in [2.05, 4.69) is 11.8 Å². The molecule has 37 heavy (non-hydrogen) atoms. The first-order valence-corrected chi connectivity index (χ1v) is 13.2. The van der Waals surface area contributed by atoms with Gasteiger partial charge in [0.05, 0.1) is 12.8 Å². The summed E-state index contributed by atoms with van der Waals surface area (Å²) in [6.45, 7) is 8.79. The van der Waals surface area contributed by atoms with Crippen LogP contribution in [0.5, 0.6) is 0 Å². The van der Waals surface area contributed by atoms with E-state index in [4.69, 9.17) is 24.2 Å². The Bertz CT molecular complexity index is 1300. The van der Waals surface area contributed by atoms with Crippen molar-refractivity contribution in [3.05, 3.63) is 56.7 Å². The van der Waals surface area contributed by atoms with Crippen molar-refractivity contribution in [1.82, 2.24) is 9.80 Å². The maximum atomic E-state index is 13.4. The molecule has 198 valence electrons. The summed E-state index contributed by atoms with van der Waals surface area (Å²) in [4.78, 5) is 37.3. The third-order valence-electron chi connectivity index (χ3n) is 7.27. The van der Waals surface area contributed by atoms with Gasteiger partial charge in [0.2, 0.25) is 5.91 Å². The highest BCUT2D eigenvalue weighted by Crippen LogP contribution is 2.36. The van der Waals surface area contributed by atoms with E-state index >= 15 is 0 Å². The van der Waals surface area contributed by atoms with Gasteiger partial charge in [-0.25, -0.2) is 14.0 Å². The van der Waals surface area contributed by atoms with Crippen LogP contribution in [0.4, 0.5) is 4.39 Å². The molecular formula is C27H31FN2O6S. The van der Waals surface area contributed by atoms with Crippen LogP contribution in [-0.2, 0) is 33.8 Å². The molecule has 10 heteroatoms. The van der Waals surface area contributed by atoms with Crippen molar-refractivity contribution in [2.24, 2.45) is 0 Å². The second-order valence-electron chi connectivity index (χ2n) is 9.54. The van der Waals surface area contributed by atoms with Crippen molar-refractivity contribution in [2.75, 3.05) is 26.2 Å². The quantitative estimate of drug-likeness (QED) is 0.480. The molecule has 0 bridgehead atoms. The zero-order chi connectivity index (χ0) is 26.7. The number of carboxylic acid groups (broad SMARTS) is 2. The number of amides is 1. The number of aryl methyl sites for hydroxylation is 1. The summed E-state index contributed by atoms with van der Waals surface area (Å²) in [7, 11) is 0. The number of furan rings is 1. The summed E-state index contributed by atoms with van der Waals surface area (Å²) in [5.74, 6) is -3.24. The molecule has 1 saturated heterocycles. The number of halogens is 1. The molecule has 0 saturated carbocycles. The molecular weight excluding hydrogens is 499 g/mol. The predicted molar refractivity (Wildman–Crippen MR) is 137 cm³/mol. The van der Waals surface area contributed by atoms with Crippen molar-refractivity contribution in [2.45, 2.75) is 52.0 Å². The lowest BCUT2D eigenvalue weighted by atomic mass is 9.89. The van der Waals surface area contributed by atoms with Crippen molar-refractivity contribution < 1.29 is 33.4 Å². The standard InChI is InChI=1S/C25H29FN2O2S.C2H2O4/c1-16-20(22-8-12-28(17(2)29)14-25(22)31-16)7-11-27-9-5-18(6-10-27)23-15-30-24-13-19(26)3-4-21(23)24;3-1(4)2(5)6/h3-4,13,15,18H,5-12,14H2,1-2H3;(H,3,4)(H,5,6). The highest BCUT2D eigenvalue weighted by atomic mass is 32.1. The van der Waals surface area contributed by atoms with Gasteiger partial charge in [0, 0.05) is 46.8 Å². The molecule has 2 aliphatic heterocycles. The fourth-order valence-corrected chi connectivity index (χ4v) is 6.56. The summed E-state index contributed by atoms with van der Waals surface area (Å²) in [5.41, 5.74) is 4.91. The number of carbonyl (C=O) groups is 3. The van der Waals surface area contributed by atoms with Gasteiger partial charge in [-0.1, -0.05) is 0 Å².